The lowest BCUT2D eigenvalue weighted by atomic mass is 10.2. The number of carbonyl (C=O) groups excluding carboxylic acids is 1. The molecule has 0 aliphatic carbocycles. The van der Waals surface area contributed by atoms with E-state index in [9.17, 15) is 4.79 Å². The molecule has 0 atom stereocenters. The van der Waals surface area contributed by atoms with Gasteiger partial charge in [0, 0.05) is 5.02 Å². The quantitative estimate of drug-likeness (QED) is 0.565. The number of nitrogens with zero attached hydrogens (tertiary/aromatic N) is 1. The van der Waals surface area contributed by atoms with Gasteiger partial charge in [-0.15, -0.1) is 0 Å². The molecule has 9 heteroatoms. The van der Waals surface area contributed by atoms with Gasteiger partial charge in [0.1, 0.15) is 0 Å². The molecule has 1 heterocycles. The summed E-state index contributed by atoms with van der Waals surface area (Å²) in [5.41, 5.74) is 1.26. The Balaban J connectivity index is 1.92. The number of aliphatic imine (C=N–C) groups is 1. The van der Waals surface area contributed by atoms with E-state index in [2.05, 4.69) is 26.2 Å². The minimum Gasteiger partial charge on any atom is -0.493 e. The Bertz CT molecular complexity index is 979. The van der Waals surface area contributed by atoms with Crippen LogP contribution in [0.4, 0.5) is 5.69 Å². The Kier molecular flexibility index (Phi) is 6.37. The topological polar surface area (TPSA) is 59.9 Å². The van der Waals surface area contributed by atoms with E-state index in [4.69, 9.17) is 32.7 Å². The Hall–Kier alpha value is -1.67. The summed E-state index contributed by atoms with van der Waals surface area (Å²) in [6.45, 7) is 0. The van der Waals surface area contributed by atoms with Crippen molar-refractivity contribution in [3.8, 4) is 11.5 Å². The largest absolute Gasteiger partial charge is 0.493 e. The molecule has 1 amide bonds. The summed E-state index contributed by atoms with van der Waals surface area (Å²) in [4.78, 5) is 17.2. The van der Waals surface area contributed by atoms with E-state index in [1.807, 2.05) is 6.07 Å². The van der Waals surface area contributed by atoms with Crippen molar-refractivity contribution >= 4 is 73.7 Å². The average molecular weight is 488 g/mol. The number of thioether (sulfide) groups is 1. The number of ether oxygens (including phenoxy) is 2. The van der Waals surface area contributed by atoms with E-state index in [0.29, 0.717) is 41.8 Å². The van der Waals surface area contributed by atoms with Crippen molar-refractivity contribution in [1.29, 1.82) is 0 Å². The molecule has 0 spiro atoms. The maximum Gasteiger partial charge on any atom is 0.264 e. The highest BCUT2D eigenvalue weighted by Crippen LogP contribution is 2.40. The summed E-state index contributed by atoms with van der Waals surface area (Å²) in [6.07, 6.45) is 1.74. The number of hydrogen-bond donors (Lipinski definition) is 1. The number of amidine groups is 1. The molecule has 0 radical (unpaired) electrons. The average Bonchev–Trinajstić information content (AvgIpc) is 2.98. The summed E-state index contributed by atoms with van der Waals surface area (Å²) in [5.74, 6) is 0.890. The first-order chi connectivity index (χ1) is 12.9. The molecule has 0 unspecified atom stereocenters. The van der Waals surface area contributed by atoms with Crippen molar-refractivity contribution in [2.45, 2.75) is 0 Å². The molecule has 1 aliphatic heterocycles. The number of hydrogen-bond acceptors (Lipinski definition) is 5. The molecule has 5 nitrogen and oxygen atoms in total. The van der Waals surface area contributed by atoms with Gasteiger partial charge in [-0.3, -0.25) is 4.79 Å². The molecule has 27 heavy (non-hydrogen) atoms. The third kappa shape index (κ3) is 4.43. The number of carbonyl (C=O) groups is 1. The number of halogens is 3. The van der Waals surface area contributed by atoms with Gasteiger partial charge in [-0.1, -0.05) is 23.2 Å². The zero-order valence-electron chi connectivity index (χ0n) is 14.2. The first kappa shape index (κ1) is 20.1. The molecule has 2 aromatic rings. The summed E-state index contributed by atoms with van der Waals surface area (Å²) >= 11 is 16.8. The second-order valence-corrected chi connectivity index (χ2v) is 7.95. The molecule has 3 rings (SSSR count). The van der Waals surface area contributed by atoms with Gasteiger partial charge in [-0.2, -0.15) is 0 Å². The van der Waals surface area contributed by atoms with Crippen LogP contribution in [0.25, 0.3) is 6.08 Å². The van der Waals surface area contributed by atoms with Crippen LogP contribution in [0.1, 0.15) is 5.56 Å². The van der Waals surface area contributed by atoms with E-state index >= 15 is 0 Å². The van der Waals surface area contributed by atoms with Gasteiger partial charge >= 0.3 is 0 Å². The van der Waals surface area contributed by atoms with Gasteiger partial charge in [0.2, 0.25) is 0 Å². The molecule has 1 N–H and O–H groups in total. The minimum absolute atomic E-state index is 0.251. The first-order valence-corrected chi connectivity index (χ1v) is 9.94. The Morgan fingerprint density at radius 3 is 2.67 bits per heavy atom. The number of amides is 1. The predicted octanol–water partition coefficient (Wildman–Crippen LogP) is 5.66. The predicted molar refractivity (Wildman–Crippen MR) is 115 cm³/mol. The number of rotatable bonds is 4. The zero-order chi connectivity index (χ0) is 19.6. The normalized spacial score (nSPS) is 16.7. The van der Waals surface area contributed by atoms with Crippen LogP contribution >= 0.6 is 50.9 Å². The summed E-state index contributed by atoms with van der Waals surface area (Å²) in [5, 5.41) is 4.10. The molecule has 140 valence electrons. The van der Waals surface area contributed by atoms with Crippen LogP contribution in [0.5, 0.6) is 11.5 Å². The minimum atomic E-state index is -0.251. The van der Waals surface area contributed by atoms with Gasteiger partial charge < -0.3 is 14.8 Å². The van der Waals surface area contributed by atoms with Crippen molar-refractivity contribution < 1.29 is 14.3 Å². The Labute approximate surface area is 178 Å². The number of benzene rings is 2. The maximum atomic E-state index is 12.3. The molecule has 0 aromatic heterocycles. The molecule has 1 saturated heterocycles. The van der Waals surface area contributed by atoms with Crippen molar-refractivity contribution in [2.75, 3.05) is 14.2 Å². The van der Waals surface area contributed by atoms with E-state index in [-0.39, 0.29) is 5.91 Å². The molecule has 1 aliphatic rings. The lowest BCUT2D eigenvalue weighted by Gasteiger charge is -2.11. The molecular weight excluding hydrogens is 475 g/mol. The van der Waals surface area contributed by atoms with Gasteiger partial charge in [-0.05, 0) is 69.7 Å². The van der Waals surface area contributed by atoms with Gasteiger partial charge in [-0.25, -0.2) is 4.99 Å². The van der Waals surface area contributed by atoms with Crippen molar-refractivity contribution in [2.24, 2.45) is 4.99 Å². The summed E-state index contributed by atoms with van der Waals surface area (Å²) in [7, 11) is 3.11. The van der Waals surface area contributed by atoms with Crippen molar-refractivity contribution in [3.63, 3.8) is 0 Å². The van der Waals surface area contributed by atoms with Crippen molar-refractivity contribution in [3.05, 3.63) is 55.3 Å². The van der Waals surface area contributed by atoms with Crippen LogP contribution in [0.15, 0.2) is 44.7 Å². The SMILES string of the molecule is COc1ccc(/C=C2/SC(=Nc3cc(Cl)ccc3Cl)NC2=O)c(Br)c1OC. The van der Waals surface area contributed by atoms with Crippen LogP contribution in [0, 0.1) is 0 Å². The molecule has 0 saturated carbocycles. The fourth-order valence-electron chi connectivity index (χ4n) is 2.32. The summed E-state index contributed by atoms with van der Waals surface area (Å²) < 4.78 is 11.3. The smallest absolute Gasteiger partial charge is 0.264 e. The Morgan fingerprint density at radius 1 is 1.19 bits per heavy atom. The molecule has 2 aromatic carbocycles. The van der Waals surface area contributed by atoms with E-state index in [1.54, 1.807) is 44.6 Å². The van der Waals surface area contributed by atoms with Gasteiger partial charge in [0.15, 0.2) is 16.7 Å². The highest BCUT2D eigenvalue weighted by Gasteiger charge is 2.25. The second kappa shape index (κ2) is 8.56. The lowest BCUT2D eigenvalue weighted by Crippen LogP contribution is -2.19. The monoisotopic (exact) mass is 486 g/mol. The highest BCUT2D eigenvalue weighted by atomic mass is 79.9. The van der Waals surface area contributed by atoms with E-state index in [0.717, 1.165) is 5.56 Å². The van der Waals surface area contributed by atoms with Crippen molar-refractivity contribution in [1.82, 2.24) is 5.32 Å². The van der Waals surface area contributed by atoms with Crippen LogP contribution in [-0.4, -0.2) is 25.3 Å². The number of methoxy groups -OCH3 is 2. The molecule has 0 bridgehead atoms. The highest BCUT2D eigenvalue weighted by molar-refractivity contribution is 9.10. The first-order valence-electron chi connectivity index (χ1n) is 7.58. The van der Waals surface area contributed by atoms with Crippen LogP contribution in [0.3, 0.4) is 0 Å². The lowest BCUT2D eigenvalue weighted by molar-refractivity contribution is -0.115. The van der Waals surface area contributed by atoms with Gasteiger partial charge in [0.05, 0.1) is 34.3 Å². The van der Waals surface area contributed by atoms with Crippen LogP contribution < -0.4 is 14.8 Å². The molecule has 1 fully saturated rings. The van der Waals surface area contributed by atoms with Crippen LogP contribution in [-0.2, 0) is 4.79 Å². The third-order valence-electron chi connectivity index (χ3n) is 3.58. The van der Waals surface area contributed by atoms with Crippen LogP contribution in [0.2, 0.25) is 10.0 Å². The fourth-order valence-corrected chi connectivity index (χ4v) is 4.07. The fraction of sp³-hybridized carbons (Fsp3) is 0.111. The third-order valence-corrected chi connectivity index (χ3v) is 5.87. The summed E-state index contributed by atoms with van der Waals surface area (Å²) in [6, 6.07) is 8.57. The van der Waals surface area contributed by atoms with E-state index in [1.165, 1.54) is 11.8 Å². The molecular formula is C18H13BrCl2N2O3S. The van der Waals surface area contributed by atoms with E-state index < -0.39 is 0 Å². The van der Waals surface area contributed by atoms with Gasteiger partial charge in [0.25, 0.3) is 5.91 Å². The second-order valence-electron chi connectivity index (χ2n) is 5.28. The standard InChI is InChI=1S/C18H13BrCl2N2O3S/c1-25-13-6-3-9(15(19)16(13)26-2)7-14-17(24)23-18(27-14)22-12-8-10(20)4-5-11(12)21/h3-8H,1-2H3,(H,22,23,24)/b14-7+. The zero-order valence-corrected chi connectivity index (χ0v) is 18.1. The number of nitrogens with one attached hydrogen (secondary N) is 1. The Morgan fingerprint density at radius 2 is 1.96 bits per heavy atom. The maximum absolute atomic E-state index is 12.3.